The van der Waals surface area contributed by atoms with Crippen LogP contribution in [0.2, 0.25) is 5.02 Å². The molecule has 0 spiro atoms. The molecule has 1 aliphatic heterocycles. The van der Waals surface area contributed by atoms with Crippen molar-refractivity contribution in [2.75, 3.05) is 25.0 Å². The molecule has 0 bridgehead atoms. The minimum absolute atomic E-state index is 0.227. The van der Waals surface area contributed by atoms with Crippen LogP contribution < -0.4 is 10.6 Å². The number of carbonyl (C=O) groups excluding carboxylic acids is 1. The molecule has 0 atom stereocenters. The monoisotopic (exact) mass is 394 g/mol. The van der Waals surface area contributed by atoms with E-state index in [0.29, 0.717) is 17.3 Å². The number of nitrogens with one attached hydrogen (secondary N) is 3. The van der Waals surface area contributed by atoms with Crippen molar-refractivity contribution in [3.63, 3.8) is 0 Å². The molecule has 2 heterocycles. The molecule has 0 unspecified atom stereocenters. The molecule has 28 heavy (non-hydrogen) atoms. The standard InChI is InChI=1S/C22H23ClN4O/c23-20-12-18(13-21-19(20)6-9-24-21)26-22(28)25-14-16-7-10-27(11-8-16)15-17-4-2-1-3-5-17/h1-7,9,12-13,24H,8,10-11,14-15H2,(H2,25,26,28). The van der Waals surface area contributed by atoms with Crippen LogP contribution in [0.5, 0.6) is 0 Å². The quantitative estimate of drug-likeness (QED) is 0.545. The number of halogens is 1. The largest absolute Gasteiger partial charge is 0.361 e. The first-order chi connectivity index (χ1) is 13.7. The Balaban J connectivity index is 1.26. The molecule has 0 aliphatic carbocycles. The number of urea groups is 1. The average molecular weight is 395 g/mol. The molecule has 3 aromatic rings. The lowest BCUT2D eigenvalue weighted by molar-refractivity contribution is 0.252. The maximum atomic E-state index is 12.2. The number of nitrogens with zero attached hydrogens (tertiary/aromatic N) is 1. The summed E-state index contributed by atoms with van der Waals surface area (Å²) in [5, 5.41) is 7.35. The van der Waals surface area contributed by atoms with E-state index < -0.39 is 0 Å². The summed E-state index contributed by atoms with van der Waals surface area (Å²) in [7, 11) is 0. The lowest BCUT2D eigenvalue weighted by Gasteiger charge is -2.26. The van der Waals surface area contributed by atoms with Gasteiger partial charge in [-0.3, -0.25) is 4.90 Å². The van der Waals surface area contributed by atoms with Crippen molar-refractivity contribution in [1.82, 2.24) is 15.2 Å². The predicted octanol–water partition coefficient (Wildman–Crippen LogP) is 4.78. The van der Waals surface area contributed by atoms with Gasteiger partial charge in [0.05, 0.1) is 5.02 Å². The van der Waals surface area contributed by atoms with E-state index in [9.17, 15) is 4.79 Å². The second-order valence-corrected chi connectivity index (χ2v) is 7.44. The number of benzene rings is 2. The highest BCUT2D eigenvalue weighted by Crippen LogP contribution is 2.27. The van der Waals surface area contributed by atoms with Crippen LogP contribution in [0.3, 0.4) is 0 Å². The fourth-order valence-electron chi connectivity index (χ4n) is 3.46. The zero-order valence-electron chi connectivity index (χ0n) is 15.5. The van der Waals surface area contributed by atoms with Crippen LogP contribution in [0.15, 0.2) is 66.4 Å². The Morgan fingerprint density at radius 1 is 1.18 bits per heavy atom. The molecule has 5 nitrogen and oxygen atoms in total. The summed E-state index contributed by atoms with van der Waals surface area (Å²) in [6, 6.07) is 15.8. The number of carbonyl (C=O) groups is 1. The number of anilines is 1. The fourth-order valence-corrected chi connectivity index (χ4v) is 3.74. The molecular formula is C22H23ClN4O. The highest BCUT2D eigenvalue weighted by molar-refractivity contribution is 6.35. The first-order valence-corrected chi connectivity index (χ1v) is 9.81. The van der Waals surface area contributed by atoms with Gasteiger partial charge in [0, 0.05) is 49.0 Å². The summed E-state index contributed by atoms with van der Waals surface area (Å²) in [6.07, 6.45) is 5.01. The Hall–Kier alpha value is -2.76. The van der Waals surface area contributed by atoms with E-state index in [0.717, 1.165) is 37.0 Å². The number of amides is 2. The van der Waals surface area contributed by atoms with Crippen molar-refractivity contribution in [2.24, 2.45) is 0 Å². The Kier molecular flexibility index (Phi) is 5.65. The SMILES string of the molecule is O=C(NCC1=CCN(Cc2ccccc2)CC1)Nc1cc(Cl)c2cc[nH]c2c1. The van der Waals surface area contributed by atoms with E-state index in [1.165, 1.54) is 11.1 Å². The molecule has 2 aromatic carbocycles. The summed E-state index contributed by atoms with van der Waals surface area (Å²) in [5.74, 6) is 0. The van der Waals surface area contributed by atoms with Gasteiger partial charge in [-0.25, -0.2) is 4.79 Å². The number of rotatable bonds is 5. The maximum Gasteiger partial charge on any atom is 0.319 e. The second kappa shape index (κ2) is 8.50. The lowest BCUT2D eigenvalue weighted by atomic mass is 10.1. The van der Waals surface area contributed by atoms with Crippen LogP contribution in [-0.2, 0) is 6.54 Å². The third-order valence-electron chi connectivity index (χ3n) is 4.99. The second-order valence-electron chi connectivity index (χ2n) is 7.04. The number of aromatic nitrogens is 1. The van der Waals surface area contributed by atoms with Gasteiger partial charge in [0.1, 0.15) is 0 Å². The highest BCUT2D eigenvalue weighted by atomic mass is 35.5. The van der Waals surface area contributed by atoms with Gasteiger partial charge >= 0.3 is 6.03 Å². The molecule has 0 saturated carbocycles. The molecule has 144 valence electrons. The number of fused-ring (bicyclic) bond motifs is 1. The van der Waals surface area contributed by atoms with Crippen LogP contribution >= 0.6 is 11.6 Å². The van der Waals surface area contributed by atoms with Crippen molar-refractivity contribution in [3.05, 3.63) is 77.0 Å². The molecule has 4 rings (SSSR count). The van der Waals surface area contributed by atoms with E-state index >= 15 is 0 Å². The van der Waals surface area contributed by atoms with E-state index in [1.54, 1.807) is 6.07 Å². The summed E-state index contributed by atoms with van der Waals surface area (Å²) in [5.41, 5.74) is 4.16. The van der Waals surface area contributed by atoms with E-state index in [2.05, 4.69) is 50.9 Å². The normalized spacial score (nSPS) is 14.7. The Labute approximate surface area is 169 Å². The van der Waals surface area contributed by atoms with Gasteiger partial charge in [0.15, 0.2) is 0 Å². The minimum Gasteiger partial charge on any atom is -0.361 e. The van der Waals surface area contributed by atoms with Gasteiger partial charge < -0.3 is 15.6 Å². The van der Waals surface area contributed by atoms with Gasteiger partial charge in [0.25, 0.3) is 0 Å². The number of aromatic amines is 1. The zero-order valence-corrected chi connectivity index (χ0v) is 16.3. The Morgan fingerprint density at radius 2 is 2.04 bits per heavy atom. The molecule has 6 heteroatoms. The molecule has 2 amide bonds. The number of H-pyrrole nitrogens is 1. The van der Waals surface area contributed by atoms with Crippen molar-refractivity contribution in [3.8, 4) is 0 Å². The van der Waals surface area contributed by atoms with E-state index in [1.807, 2.05) is 24.4 Å². The zero-order chi connectivity index (χ0) is 19.3. The third-order valence-corrected chi connectivity index (χ3v) is 5.30. The predicted molar refractivity (Wildman–Crippen MR) is 115 cm³/mol. The van der Waals surface area contributed by atoms with Gasteiger partial charge in [-0.05, 0) is 30.2 Å². The Bertz CT molecular complexity index is 996. The topological polar surface area (TPSA) is 60.2 Å². The molecule has 0 saturated heterocycles. The molecule has 1 aromatic heterocycles. The van der Waals surface area contributed by atoms with Gasteiger partial charge in [-0.2, -0.15) is 0 Å². The molecule has 0 fully saturated rings. The summed E-state index contributed by atoms with van der Waals surface area (Å²) >= 11 is 6.25. The highest BCUT2D eigenvalue weighted by Gasteiger charge is 2.13. The Morgan fingerprint density at radius 3 is 2.82 bits per heavy atom. The molecular weight excluding hydrogens is 372 g/mol. The van der Waals surface area contributed by atoms with Crippen LogP contribution in [0.25, 0.3) is 10.9 Å². The molecule has 3 N–H and O–H groups in total. The molecule has 1 aliphatic rings. The van der Waals surface area contributed by atoms with Crippen molar-refractivity contribution in [1.29, 1.82) is 0 Å². The van der Waals surface area contributed by atoms with Crippen LogP contribution in [0.4, 0.5) is 10.5 Å². The lowest BCUT2D eigenvalue weighted by Crippen LogP contribution is -2.34. The minimum atomic E-state index is -0.227. The van der Waals surface area contributed by atoms with Crippen molar-refractivity contribution >= 4 is 34.2 Å². The first kappa shape index (κ1) is 18.6. The van der Waals surface area contributed by atoms with Gasteiger partial charge in [0.2, 0.25) is 0 Å². The number of hydrogen-bond donors (Lipinski definition) is 3. The number of hydrogen-bond acceptors (Lipinski definition) is 2. The van der Waals surface area contributed by atoms with Crippen molar-refractivity contribution < 1.29 is 4.79 Å². The third kappa shape index (κ3) is 4.55. The fraction of sp³-hybridized carbons (Fsp3) is 0.227. The smallest absolute Gasteiger partial charge is 0.319 e. The maximum absolute atomic E-state index is 12.2. The van der Waals surface area contributed by atoms with Crippen LogP contribution in [-0.4, -0.2) is 35.5 Å². The summed E-state index contributed by atoms with van der Waals surface area (Å²) in [4.78, 5) is 17.8. The summed E-state index contributed by atoms with van der Waals surface area (Å²) < 4.78 is 0. The first-order valence-electron chi connectivity index (χ1n) is 9.43. The van der Waals surface area contributed by atoms with E-state index in [4.69, 9.17) is 11.6 Å². The van der Waals surface area contributed by atoms with Crippen molar-refractivity contribution in [2.45, 2.75) is 13.0 Å². The summed E-state index contributed by atoms with van der Waals surface area (Å²) in [6.45, 7) is 3.43. The van der Waals surface area contributed by atoms with Gasteiger partial charge in [-0.1, -0.05) is 53.6 Å². The van der Waals surface area contributed by atoms with Crippen LogP contribution in [0.1, 0.15) is 12.0 Å². The van der Waals surface area contributed by atoms with Crippen LogP contribution in [0, 0.1) is 0 Å². The molecule has 0 radical (unpaired) electrons. The average Bonchev–Trinajstić information content (AvgIpc) is 3.17. The van der Waals surface area contributed by atoms with Gasteiger partial charge in [-0.15, -0.1) is 0 Å². The van der Waals surface area contributed by atoms with E-state index in [-0.39, 0.29) is 6.03 Å².